The number of nitrogen functional groups attached to an aromatic ring is 1. The Kier molecular flexibility index (Phi) is 4.20. The fraction of sp³-hybridized carbons (Fsp3) is 0.357. The van der Waals surface area contributed by atoms with E-state index in [0.29, 0.717) is 0 Å². The highest BCUT2D eigenvalue weighted by molar-refractivity contribution is 5.70. The molecule has 0 saturated heterocycles. The van der Waals surface area contributed by atoms with Crippen molar-refractivity contribution in [2.75, 3.05) is 12.8 Å². The lowest BCUT2D eigenvalue weighted by molar-refractivity contribution is -0.172. The summed E-state index contributed by atoms with van der Waals surface area (Å²) in [5.41, 5.74) is 5.20. The first-order valence-electron chi connectivity index (χ1n) is 6.29. The number of anilines is 1. The van der Waals surface area contributed by atoms with Crippen molar-refractivity contribution in [3.05, 3.63) is 41.9 Å². The normalized spacial score (nSPS) is 16.0. The van der Waals surface area contributed by atoms with Gasteiger partial charge in [0, 0.05) is 5.69 Å². The summed E-state index contributed by atoms with van der Waals surface area (Å²) in [6.45, 7) is 0. The molecule has 1 aromatic rings. The van der Waals surface area contributed by atoms with E-state index in [0.717, 1.165) is 18.2 Å². The lowest BCUT2D eigenvalue weighted by Crippen LogP contribution is -2.36. The van der Waals surface area contributed by atoms with Crippen molar-refractivity contribution < 1.29 is 32.2 Å². The molecule has 2 rings (SSSR count). The van der Waals surface area contributed by atoms with Gasteiger partial charge in [-0.05, 0) is 23.8 Å². The summed E-state index contributed by atoms with van der Waals surface area (Å²) in [6, 6.07) is 2.96. The quantitative estimate of drug-likeness (QED) is 0.683. The first-order valence-corrected chi connectivity index (χ1v) is 6.29. The van der Waals surface area contributed by atoms with E-state index < -0.39 is 23.5 Å². The summed E-state index contributed by atoms with van der Waals surface area (Å²) in [5.74, 6) is -2.07. The molecule has 0 aliphatic carbocycles. The lowest BCUT2D eigenvalue weighted by Gasteiger charge is -2.27. The number of nitrogens with two attached hydrogens (primary N) is 1. The highest BCUT2D eigenvalue weighted by atomic mass is 19.4. The monoisotopic (exact) mass is 317 g/mol. The van der Waals surface area contributed by atoms with Crippen LogP contribution in [0.25, 0.3) is 0 Å². The van der Waals surface area contributed by atoms with Crippen molar-refractivity contribution in [1.82, 2.24) is 0 Å². The first-order chi connectivity index (χ1) is 10.3. The minimum atomic E-state index is -4.49. The Hall–Kier alpha value is -2.38. The van der Waals surface area contributed by atoms with Gasteiger partial charge in [0.1, 0.15) is 18.9 Å². The van der Waals surface area contributed by atoms with Gasteiger partial charge in [0.25, 0.3) is 5.79 Å². The molecule has 8 heteroatoms. The Labute approximate surface area is 124 Å². The van der Waals surface area contributed by atoms with Crippen LogP contribution in [0.3, 0.4) is 0 Å². The predicted octanol–water partition coefficient (Wildman–Crippen LogP) is 2.61. The van der Waals surface area contributed by atoms with E-state index in [-0.39, 0.29) is 24.1 Å². The highest BCUT2D eigenvalue weighted by Gasteiger charge is 2.40. The number of alkyl halides is 3. The van der Waals surface area contributed by atoms with Crippen LogP contribution in [0.4, 0.5) is 18.9 Å². The second kappa shape index (κ2) is 5.78. The standard InChI is InChI=1S/C14H14F3NO4/c1-20-12(19)8-13(21-4-5-22-13)7-9-6-10(14(15,16)17)2-3-11(9)18/h2-6H,7-8,18H2,1H3. The third-order valence-electron chi connectivity index (χ3n) is 3.19. The molecule has 1 aliphatic rings. The van der Waals surface area contributed by atoms with Crippen LogP contribution in [0.15, 0.2) is 30.7 Å². The largest absolute Gasteiger partial charge is 0.469 e. The molecule has 0 atom stereocenters. The van der Waals surface area contributed by atoms with Crippen LogP contribution in [-0.4, -0.2) is 18.9 Å². The van der Waals surface area contributed by atoms with Crippen molar-refractivity contribution in [3.63, 3.8) is 0 Å². The maximum Gasteiger partial charge on any atom is 0.416 e. The van der Waals surface area contributed by atoms with Gasteiger partial charge < -0.3 is 19.9 Å². The summed E-state index contributed by atoms with van der Waals surface area (Å²) in [6.07, 6.45) is -2.48. The van der Waals surface area contributed by atoms with Crippen molar-refractivity contribution in [2.45, 2.75) is 24.8 Å². The molecular formula is C14H14F3NO4. The van der Waals surface area contributed by atoms with Crippen LogP contribution in [0.5, 0.6) is 0 Å². The topological polar surface area (TPSA) is 70.8 Å². The Balaban J connectivity index is 2.29. The number of rotatable bonds is 4. The zero-order valence-electron chi connectivity index (χ0n) is 11.6. The molecule has 0 aromatic heterocycles. The number of ether oxygens (including phenoxy) is 3. The minimum absolute atomic E-state index is 0.134. The Bertz CT molecular complexity index is 590. The molecule has 120 valence electrons. The molecule has 0 fully saturated rings. The van der Waals surface area contributed by atoms with Crippen molar-refractivity contribution in [2.24, 2.45) is 0 Å². The molecular weight excluding hydrogens is 303 g/mol. The molecule has 0 radical (unpaired) electrons. The average molecular weight is 317 g/mol. The van der Waals surface area contributed by atoms with E-state index in [1.54, 1.807) is 0 Å². The number of hydrogen-bond acceptors (Lipinski definition) is 5. The summed E-state index contributed by atoms with van der Waals surface area (Å²) in [4.78, 5) is 11.5. The number of benzene rings is 1. The third kappa shape index (κ3) is 3.44. The van der Waals surface area contributed by atoms with Gasteiger partial charge in [0.05, 0.1) is 19.1 Å². The van der Waals surface area contributed by atoms with Gasteiger partial charge in [-0.2, -0.15) is 13.2 Å². The highest BCUT2D eigenvalue weighted by Crippen LogP contribution is 2.35. The van der Waals surface area contributed by atoms with Gasteiger partial charge in [-0.15, -0.1) is 0 Å². The molecule has 0 spiro atoms. The van der Waals surface area contributed by atoms with E-state index >= 15 is 0 Å². The number of hydrogen-bond donors (Lipinski definition) is 1. The van der Waals surface area contributed by atoms with Crippen molar-refractivity contribution in [3.8, 4) is 0 Å². The van der Waals surface area contributed by atoms with Crippen molar-refractivity contribution >= 4 is 11.7 Å². The fourth-order valence-electron chi connectivity index (χ4n) is 2.08. The zero-order chi connectivity index (χ0) is 16.4. The minimum Gasteiger partial charge on any atom is -0.469 e. The molecule has 5 nitrogen and oxygen atoms in total. The number of esters is 1. The second-order valence-electron chi connectivity index (χ2n) is 4.76. The predicted molar refractivity (Wildman–Crippen MR) is 70.2 cm³/mol. The number of halogens is 3. The number of methoxy groups -OCH3 is 1. The maximum absolute atomic E-state index is 12.8. The van der Waals surface area contributed by atoms with Crippen molar-refractivity contribution in [1.29, 1.82) is 0 Å². The summed E-state index contributed by atoms with van der Waals surface area (Å²) in [7, 11) is 1.19. The molecule has 0 amide bonds. The molecule has 0 saturated carbocycles. The zero-order valence-corrected chi connectivity index (χ0v) is 11.6. The lowest BCUT2D eigenvalue weighted by atomic mass is 9.98. The Morgan fingerprint density at radius 1 is 1.32 bits per heavy atom. The van der Waals surface area contributed by atoms with Crippen LogP contribution in [0.1, 0.15) is 17.5 Å². The Morgan fingerprint density at radius 2 is 1.95 bits per heavy atom. The molecule has 1 heterocycles. The van der Waals surface area contributed by atoms with E-state index in [9.17, 15) is 18.0 Å². The van der Waals surface area contributed by atoms with Gasteiger partial charge in [0.2, 0.25) is 0 Å². The van der Waals surface area contributed by atoms with Crippen LogP contribution in [-0.2, 0) is 31.6 Å². The SMILES string of the molecule is COC(=O)CC1(Cc2cc(C(F)(F)F)ccc2N)OC=CO1. The average Bonchev–Trinajstić information content (AvgIpc) is 2.88. The molecule has 1 aromatic carbocycles. The van der Waals surface area contributed by atoms with Gasteiger partial charge in [-0.25, -0.2) is 0 Å². The van der Waals surface area contributed by atoms with Gasteiger partial charge in [0.15, 0.2) is 0 Å². The number of carbonyl (C=O) groups is 1. The molecule has 2 N–H and O–H groups in total. The van der Waals surface area contributed by atoms with E-state index in [2.05, 4.69) is 4.74 Å². The molecule has 22 heavy (non-hydrogen) atoms. The summed E-state index contributed by atoms with van der Waals surface area (Å²) < 4.78 is 53.4. The number of carbonyl (C=O) groups excluding carboxylic acids is 1. The van der Waals surface area contributed by atoms with Crippen LogP contribution < -0.4 is 5.73 Å². The molecule has 0 bridgehead atoms. The van der Waals surface area contributed by atoms with Gasteiger partial charge in [-0.3, -0.25) is 4.79 Å². The first kappa shape index (κ1) is 16.0. The van der Waals surface area contributed by atoms with Crippen LogP contribution >= 0.6 is 0 Å². The smallest absolute Gasteiger partial charge is 0.416 e. The molecule has 0 unspecified atom stereocenters. The summed E-state index contributed by atoms with van der Waals surface area (Å²) in [5, 5.41) is 0. The van der Waals surface area contributed by atoms with E-state index in [1.807, 2.05) is 0 Å². The second-order valence-corrected chi connectivity index (χ2v) is 4.76. The van der Waals surface area contributed by atoms with E-state index in [4.69, 9.17) is 15.2 Å². The van der Waals surface area contributed by atoms with Gasteiger partial charge in [-0.1, -0.05) is 0 Å². The van der Waals surface area contributed by atoms with Gasteiger partial charge >= 0.3 is 12.1 Å². The maximum atomic E-state index is 12.8. The van der Waals surface area contributed by atoms with Crippen LogP contribution in [0.2, 0.25) is 0 Å². The third-order valence-corrected chi connectivity index (χ3v) is 3.19. The van der Waals surface area contributed by atoms with Crippen LogP contribution in [0, 0.1) is 0 Å². The molecule has 1 aliphatic heterocycles. The van der Waals surface area contributed by atoms with E-state index in [1.165, 1.54) is 19.6 Å². The Morgan fingerprint density at radius 3 is 2.50 bits per heavy atom. The fourth-order valence-corrected chi connectivity index (χ4v) is 2.08. The summed E-state index contributed by atoms with van der Waals surface area (Å²) >= 11 is 0.